The van der Waals surface area contributed by atoms with Crippen LogP contribution in [-0.2, 0) is 11.9 Å². The highest BCUT2D eigenvalue weighted by molar-refractivity contribution is 8.38. The van der Waals surface area contributed by atoms with Crippen LogP contribution < -0.4 is 9.91 Å². The SMILES string of the molecule is CN(C)c1cc2c(nn1)SC(SCc1ccc(C(F)(F)F)cc1C#N)=NN2C. The summed E-state index contributed by atoms with van der Waals surface area (Å²) in [5.74, 6) is 1.03. The van der Waals surface area contributed by atoms with Crippen molar-refractivity contribution in [1.29, 1.82) is 5.26 Å². The maximum absolute atomic E-state index is 12.8. The second kappa shape index (κ2) is 7.89. The number of hydrogen-bond donors (Lipinski definition) is 0. The van der Waals surface area contributed by atoms with Gasteiger partial charge in [0.05, 0.1) is 22.9 Å². The van der Waals surface area contributed by atoms with Crippen LogP contribution in [0, 0.1) is 11.3 Å². The molecule has 2 aromatic rings. The third-order valence-corrected chi connectivity index (χ3v) is 5.99. The summed E-state index contributed by atoms with van der Waals surface area (Å²) < 4.78 is 39.1. The average Bonchev–Trinajstić information content (AvgIpc) is 2.65. The maximum Gasteiger partial charge on any atom is 0.416 e. The zero-order valence-electron chi connectivity index (χ0n) is 15.2. The van der Waals surface area contributed by atoms with E-state index >= 15 is 0 Å². The number of benzene rings is 1. The van der Waals surface area contributed by atoms with E-state index in [0.29, 0.717) is 26.5 Å². The van der Waals surface area contributed by atoms with Gasteiger partial charge in [0.25, 0.3) is 0 Å². The Morgan fingerprint density at radius 3 is 2.64 bits per heavy atom. The lowest BCUT2D eigenvalue weighted by molar-refractivity contribution is -0.137. The van der Waals surface area contributed by atoms with Crippen LogP contribution in [-0.4, -0.2) is 35.7 Å². The van der Waals surface area contributed by atoms with E-state index < -0.39 is 11.7 Å². The van der Waals surface area contributed by atoms with Crippen molar-refractivity contribution in [2.24, 2.45) is 5.10 Å². The van der Waals surface area contributed by atoms with Crippen molar-refractivity contribution in [3.63, 3.8) is 0 Å². The molecule has 2 heterocycles. The van der Waals surface area contributed by atoms with Crippen LogP contribution in [0.2, 0.25) is 0 Å². The number of hydrazone groups is 1. The highest BCUT2D eigenvalue weighted by Crippen LogP contribution is 2.39. The lowest BCUT2D eigenvalue weighted by Gasteiger charge is -2.23. The van der Waals surface area contributed by atoms with Crippen LogP contribution in [0.1, 0.15) is 16.7 Å². The summed E-state index contributed by atoms with van der Waals surface area (Å²) in [6.45, 7) is 0. The summed E-state index contributed by atoms with van der Waals surface area (Å²) in [4.78, 5) is 1.84. The molecule has 6 nitrogen and oxygen atoms in total. The fourth-order valence-corrected chi connectivity index (χ4v) is 4.41. The summed E-state index contributed by atoms with van der Waals surface area (Å²) in [7, 11) is 5.53. The van der Waals surface area contributed by atoms with Crippen molar-refractivity contribution >= 4 is 39.4 Å². The van der Waals surface area contributed by atoms with Crippen LogP contribution >= 0.6 is 23.5 Å². The van der Waals surface area contributed by atoms with Gasteiger partial charge in [0, 0.05) is 33.0 Å². The fourth-order valence-electron chi connectivity index (χ4n) is 2.34. The van der Waals surface area contributed by atoms with Gasteiger partial charge in [0.1, 0.15) is 0 Å². The minimum Gasteiger partial charge on any atom is -0.361 e. The van der Waals surface area contributed by atoms with E-state index in [1.165, 1.54) is 29.6 Å². The first-order valence-electron chi connectivity index (χ1n) is 7.97. The molecule has 3 rings (SSSR count). The number of nitrogens with zero attached hydrogens (tertiary/aromatic N) is 6. The number of thioether (sulfide) groups is 2. The number of alkyl halides is 3. The highest BCUT2D eigenvalue weighted by atomic mass is 32.2. The molecule has 0 spiro atoms. The molecule has 0 unspecified atom stereocenters. The van der Waals surface area contributed by atoms with Gasteiger partial charge in [-0.15, -0.1) is 10.2 Å². The van der Waals surface area contributed by atoms with Gasteiger partial charge in [-0.25, -0.2) is 0 Å². The zero-order chi connectivity index (χ0) is 20.5. The Hall–Kier alpha value is -2.45. The zero-order valence-corrected chi connectivity index (χ0v) is 16.8. The molecular weight excluding hydrogens is 409 g/mol. The quantitative estimate of drug-likeness (QED) is 0.732. The van der Waals surface area contributed by atoms with E-state index in [4.69, 9.17) is 0 Å². The van der Waals surface area contributed by atoms with Crippen molar-refractivity contribution in [3.8, 4) is 6.07 Å². The van der Waals surface area contributed by atoms with Crippen LogP contribution in [0.5, 0.6) is 0 Å². The Morgan fingerprint density at radius 2 is 2.00 bits per heavy atom. The first-order chi connectivity index (χ1) is 13.2. The molecule has 0 amide bonds. The number of nitriles is 1. The van der Waals surface area contributed by atoms with Gasteiger partial charge < -0.3 is 4.90 Å². The van der Waals surface area contributed by atoms with Gasteiger partial charge >= 0.3 is 6.18 Å². The number of anilines is 2. The Labute approximate surface area is 168 Å². The first kappa shape index (κ1) is 20.3. The molecule has 11 heteroatoms. The Morgan fingerprint density at radius 1 is 1.25 bits per heavy atom. The monoisotopic (exact) mass is 424 g/mol. The molecule has 146 valence electrons. The van der Waals surface area contributed by atoms with E-state index in [1.54, 1.807) is 12.1 Å². The molecule has 0 atom stereocenters. The third kappa shape index (κ3) is 4.34. The lowest BCUT2D eigenvalue weighted by Crippen LogP contribution is -2.19. The van der Waals surface area contributed by atoms with Crippen LogP contribution in [0.3, 0.4) is 0 Å². The van der Waals surface area contributed by atoms with Gasteiger partial charge in [-0.2, -0.15) is 23.5 Å². The summed E-state index contributed by atoms with van der Waals surface area (Å²) in [5, 5.41) is 24.4. The normalized spacial score (nSPS) is 13.6. The van der Waals surface area contributed by atoms with E-state index in [1.807, 2.05) is 31.1 Å². The number of rotatable bonds is 3. The summed E-state index contributed by atoms with van der Waals surface area (Å²) in [5.41, 5.74) is 0.516. The Bertz CT molecular complexity index is 968. The molecule has 0 N–H and O–H groups in total. The van der Waals surface area contributed by atoms with Crippen molar-refractivity contribution in [1.82, 2.24) is 10.2 Å². The summed E-state index contributed by atoms with van der Waals surface area (Å²) in [6, 6.07) is 6.92. The maximum atomic E-state index is 12.8. The smallest absolute Gasteiger partial charge is 0.361 e. The van der Waals surface area contributed by atoms with Gasteiger partial charge in [-0.1, -0.05) is 17.8 Å². The standard InChI is InChI=1S/C17H15F3N6S2/c1-25(2)14-7-13-15(23-22-14)28-16(24-26(13)3)27-9-10-4-5-12(17(18,19)20)6-11(10)8-21/h4-7H,9H2,1-3H3. The van der Waals surface area contributed by atoms with Crippen molar-refractivity contribution in [2.75, 3.05) is 31.1 Å². The molecule has 0 saturated carbocycles. The van der Waals surface area contributed by atoms with E-state index in [9.17, 15) is 18.4 Å². The number of halogens is 3. The Balaban J connectivity index is 1.76. The number of fused-ring (bicyclic) bond motifs is 1. The molecule has 1 aromatic carbocycles. The van der Waals surface area contributed by atoms with E-state index in [0.717, 1.165) is 17.8 Å². The van der Waals surface area contributed by atoms with Gasteiger partial charge in [0.2, 0.25) is 0 Å². The predicted octanol–water partition coefficient (Wildman–Crippen LogP) is 4.18. The van der Waals surface area contributed by atoms with E-state index in [2.05, 4.69) is 15.3 Å². The molecule has 1 aliphatic rings. The van der Waals surface area contributed by atoms with Crippen molar-refractivity contribution in [2.45, 2.75) is 17.0 Å². The number of hydrogen-bond acceptors (Lipinski definition) is 8. The molecule has 0 bridgehead atoms. The van der Waals surface area contributed by atoms with Crippen LogP contribution in [0.25, 0.3) is 0 Å². The molecule has 1 aliphatic heterocycles. The Kier molecular flexibility index (Phi) is 5.71. The van der Waals surface area contributed by atoms with E-state index in [-0.39, 0.29) is 5.56 Å². The second-order valence-electron chi connectivity index (χ2n) is 6.05. The van der Waals surface area contributed by atoms with Gasteiger partial charge in [-0.3, -0.25) is 5.01 Å². The second-order valence-corrected chi connectivity index (χ2v) is 8.25. The number of aromatic nitrogens is 2. The minimum absolute atomic E-state index is 0.00732. The van der Waals surface area contributed by atoms with Crippen LogP contribution in [0.15, 0.2) is 34.4 Å². The molecule has 28 heavy (non-hydrogen) atoms. The first-order valence-corrected chi connectivity index (χ1v) is 9.77. The fraction of sp³-hybridized carbons (Fsp3) is 0.294. The summed E-state index contributed by atoms with van der Waals surface area (Å²) >= 11 is 2.67. The average molecular weight is 424 g/mol. The molecule has 0 aliphatic carbocycles. The molecule has 0 saturated heterocycles. The predicted molar refractivity (Wildman–Crippen MR) is 106 cm³/mol. The minimum atomic E-state index is -4.48. The van der Waals surface area contributed by atoms with Crippen molar-refractivity contribution < 1.29 is 13.2 Å². The largest absolute Gasteiger partial charge is 0.416 e. The molecule has 0 radical (unpaired) electrons. The third-order valence-electron chi connectivity index (χ3n) is 3.86. The topological polar surface area (TPSA) is 68.4 Å². The van der Waals surface area contributed by atoms with Gasteiger partial charge in [-0.05, 0) is 29.5 Å². The highest BCUT2D eigenvalue weighted by Gasteiger charge is 2.31. The molecule has 1 aromatic heterocycles. The molecular formula is C17H15F3N6S2. The summed E-state index contributed by atoms with van der Waals surface area (Å²) in [6.07, 6.45) is -4.48. The lowest BCUT2D eigenvalue weighted by atomic mass is 10.1. The van der Waals surface area contributed by atoms with Gasteiger partial charge in [0.15, 0.2) is 15.2 Å². The van der Waals surface area contributed by atoms with Crippen molar-refractivity contribution in [3.05, 3.63) is 41.0 Å². The van der Waals surface area contributed by atoms with Crippen LogP contribution in [0.4, 0.5) is 24.7 Å². The molecule has 0 fully saturated rings.